The highest BCUT2D eigenvalue weighted by atomic mass is 16.5. The van der Waals surface area contributed by atoms with Crippen LogP contribution < -0.4 is 15.8 Å². The molecule has 0 heterocycles. The number of anilines is 1. The average Bonchev–Trinajstić information content (AvgIpc) is 2.45. The molecule has 0 spiro atoms. The van der Waals surface area contributed by atoms with Gasteiger partial charge < -0.3 is 20.9 Å². The van der Waals surface area contributed by atoms with Crippen molar-refractivity contribution in [3.05, 3.63) is 24.3 Å². The second-order valence-electron chi connectivity index (χ2n) is 5.25. The van der Waals surface area contributed by atoms with Crippen LogP contribution in [0.2, 0.25) is 0 Å². The van der Waals surface area contributed by atoms with Gasteiger partial charge in [-0.2, -0.15) is 0 Å². The van der Waals surface area contributed by atoms with Crippen LogP contribution in [-0.2, 0) is 0 Å². The van der Waals surface area contributed by atoms with Gasteiger partial charge in [0.05, 0.1) is 5.69 Å². The first-order chi connectivity index (χ1) is 9.25. The van der Waals surface area contributed by atoms with Gasteiger partial charge in [0.1, 0.15) is 18.5 Å². The molecular formula is C15H24N2O2. The van der Waals surface area contributed by atoms with E-state index in [2.05, 4.69) is 5.32 Å². The SMILES string of the molecule is Nc1ccccc1OCC(O)CNC1CCCCC1. The maximum Gasteiger partial charge on any atom is 0.142 e. The van der Waals surface area contributed by atoms with Gasteiger partial charge in [0.15, 0.2) is 0 Å². The number of nitrogens with one attached hydrogen (secondary N) is 1. The minimum Gasteiger partial charge on any atom is -0.489 e. The number of hydrogen-bond acceptors (Lipinski definition) is 4. The van der Waals surface area contributed by atoms with E-state index in [0.29, 0.717) is 24.0 Å². The van der Waals surface area contributed by atoms with Gasteiger partial charge in [0.2, 0.25) is 0 Å². The van der Waals surface area contributed by atoms with E-state index in [1.54, 1.807) is 6.07 Å². The monoisotopic (exact) mass is 264 g/mol. The summed E-state index contributed by atoms with van der Waals surface area (Å²) in [6, 6.07) is 7.91. The van der Waals surface area contributed by atoms with Crippen LogP contribution in [0, 0.1) is 0 Å². The van der Waals surface area contributed by atoms with Crippen molar-refractivity contribution in [2.24, 2.45) is 0 Å². The van der Waals surface area contributed by atoms with Crippen LogP contribution in [-0.4, -0.2) is 30.4 Å². The molecule has 4 heteroatoms. The Morgan fingerprint density at radius 2 is 2.00 bits per heavy atom. The van der Waals surface area contributed by atoms with Gasteiger partial charge in [-0.1, -0.05) is 31.4 Å². The standard InChI is InChI=1S/C15H24N2O2/c16-14-8-4-5-9-15(14)19-11-13(18)10-17-12-6-2-1-3-7-12/h4-5,8-9,12-13,17-18H,1-3,6-7,10-11,16H2. The molecule has 4 N–H and O–H groups in total. The van der Waals surface area contributed by atoms with E-state index in [0.717, 1.165) is 0 Å². The number of nitrogen functional groups attached to an aromatic ring is 1. The van der Waals surface area contributed by atoms with Crippen LogP contribution >= 0.6 is 0 Å². The Morgan fingerprint density at radius 3 is 2.74 bits per heavy atom. The van der Waals surface area contributed by atoms with Gasteiger partial charge in [0, 0.05) is 12.6 Å². The fourth-order valence-corrected chi connectivity index (χ4v) is 2.47. The zero-order chi connectivity index (χ0) is 13.5. The van der Waals surface area contributed by atoms with Gasteiger partial charge in [-0.25, -0.2) is 0 Å². The summed E-state index contributed by atoms with van der Waals surface area (Å²) in [6.45, 7) is 0.853. The summed E-state index contributed by atoms with van der Waals surface area (Å²) in [5.41, 5.74) is 6.38. The number of rotatable bonds is 6. The van der Waals surface area contributed by atoms with Gasteiger partial charge in [-0.15, -0.1) is 0 Å². The highest BCUT2D eigenvalue weighted by molar-refractivity contribution is 5.51. The molecule has 1 atom stereocenters. The summed E-state index contributed by atoms with van der Waals surface area (Å²) >= 11 is 0. The Labute approximate surface area is 115 Å². The first-order valence-electron chi connectivity index (χ1n) is 7.14. The van der Waals surface area contributed by atoms with E-state index < -0.39 is 6.10 Å². The lowest BCUT2D eigenvalue weighted by molar-refractivity contribution is 0.102. The molecule has 4 nitrogen and oxygen atoms in total. The molecule has 1 aromatic rings. The number of ether oxygens (including phenoxy) is 1. The van der Waals surface area contributed by atoms with E-state index in [1.165, 1.54) is 32.1 Å². The third kappa shape index (κ3) is 4.73. The lowest BCUT2D eigenvalue weighted by Crippen LogP contribution is -2.39. The molecule has 2 rings (SSSR count). The van der Waals surface area contributed by atoms with Crippen LogP contribution in [0.5, 0.6) is 5.75 Å². The topological polar surface area (TPSA) is 67.5 Å². The summed E-state index contributed by atoms with van der Waals surface area (Å²) < 4.78 is 5.52. The minimum absolute atomic E-state index is 0.272. The highest BCUT2D eigenvalue weighted by Gasteiger charge is 2.14. The lowest BCUT2D eigenvalue weighted by atomic mass is 9.95. The molecule has 1 unspecified atom stereocenters. The zero-order valence-electron chi connectivity index (χ0n) is 11.3. The number of aliphatic hydroxyl groups is 1. The van der Waals surface area contributed by atoms with Gasteiger partial charge in [-0.3, -0.25) is 0 Å². The molecule has 1 aliphatic carbocycles. The number of para-hydroxylation sites is 2. The third-order valence-electron chi connectivity index (χ3n) is 3.60. The minimum atomic E-state index is -0.499. The molecule has 1 fully saturated rings. The van der Waals surface area contributed by atoms with Crippen molar-refractivity contribution in [3.63, 3.8) is 0 Å². The second-order valence-corrected chi connectivity index (χ2v) is 5.25. The first-order valence-corrected chi connectivity index (χ1v) is 7.14. The summed E-state index contributed by atoms with van der Waals surface area (Å²) in [5, 5.41) is 13.3. The average molecular weight is 264 g/mol. The predicted octanol–water partition coefficient (Wildman–Crippen LogP) is 1.93. The normalized spacial score (nSPS) is 18.2. The van der Waals surface area contributed by atoms with Crippen molar-refractivity contribution in [1.82, 2.24) is 5.32 Å². The van der Waals surface area contributed by atoms with Gasteiger partial charge >= 0.3 is 0 Å². The lowest BCUT2D eigenvalue weighted by Gasteiger charge is -2.24. The molecular weight excluding hydrogens is 240 g/mol. The summed E-state index contributed by atoms with van der Waals surface area (Å²) in [4.78, 5) is 0. The van der Waals surface area contributed by atoms with Crippen LogP contribution in [0.4, 0.5) is 5.69 Å². The Kier molecular flexibility index (Phi) is 5.48. The van der Waals surface area contributed by atoms with Gasteiger partial charge in [-0.05, 0) is 25.0 Å². The molecule has 106 valence electrons. The van der Waals surface area contributed by atoms with Crippen LogP contribution in [0.3, 0.4) is 0 Å². The van der Waals surface area contributed by atoms with Gasteiger partial charge in [0.25, 0.3) is 0 Å². The van der Waals surface area contributed by atoms with Crippen molar-refractivity contribution in [1.29, 1.82) is 0 Å². The molecule has 1 saturated carbocycles. The van der Waals surface area contributed by atoms with Crippen molar-refractivity contribution < 1.29 is 9.84 Å². The molecule has 0 aromatic heterocycles. The van der Waals surface area contributed by atoms with Crippen LogP contribution in [0.1, 0.15) is 32.1 Å². The van der Waals surface area contributed by atoms with Crippen molar-refractivity contribution >= 4 is 5.69 Å². The second kappa shape index (κ2) is 7.36. The van der Waals surface area contributed by atoms with E-state index >= 15 is 0 Å². The quantitative estimate of drug-likeness (QED) is 0.687. The molecule has 0 aliphatic heterocycles. The molecule has 0 radical (unpaired) electrons. The number of aliphatic hydroxyl groups excluding tert-OH is 1. The number of nitrogens with two attached hydrogens (primary N) is 1. The summed E-state index contributed by atoms with van der Waals surface area (Å²) in [6.07, 6.45) is 5.88. The van der Waals surface area contributed by atoms with Crippen LogP contribution in [0.25, 0.3) is 0 Å². The fraction of sp³-hybridized carbons (Fsp3) is 0.600. The van der Waals surface area contributed by atoms with Crippen molar-refractivity contribution in [2.45, 2.75) is 44.2 Å². The Morgan fingerprint density at radius 1 is 1.26 bits per heavy atom. The molecule has 19 heavy (non-hydrogen) atoms. The zero-order valence-corrected chi connectivity index (χ0v) is 11.3. The highest BCUT2D eigenvalue weighted by Crippen LogP contribution is 2.20. The Bertz CT molecular complexity index is 378. The third-order valence-corrected chi connectivity index (χ3v) is 3.60. The first kappa shape index (κ1) is 14.2. The van der Waals surface area contributed by atoms with Crippen molar-refractivity contribution in [3.8, 4) is 5.75 Å². The molecule has 1 aliphatic rings. The molecule has 0 bridgehead atoms. The maximum absolute atomic E-state index is 9.90. The van der Waals surface area contributed by atoms with E-state index in [1.807, 2.05) is 18.2 Å². The van der Waals surface area contributed by atoms with Crippen LogP contribution in [0.15, 0.2) is 24.3 Å². The molecule has 0 amide bonds. The Balaban J connectivity index is 1.66. The Hall–Kier alpha value is -1.26. The van der Waals surface area contributed by atoms with Crippen molar-refractivity contribution in [2.75, 3.05) is 18.9 Å². The summed E-state index contributed by atoms with van der Waals surface area (Å²) in [5.74, 6) is 0.638. The largest absolute Gasteiger partial charge is 0.489 e. The maximum atomic E-state index is 9.90. The summed E-state index contributed by atoms with van der Waals surface area (Å²) in [7, 11) is 0. The molecule has 0 saturated heterocycles. The van der Waals surface area contributed by atoms with E-state index in [4.69, 9.17) is 10.5 Å². The number of benzene rings is 1. The smallest absolute Gasteiger partial charge is 0.142 e. The molecule has 1 aromatic carbocycles. The predicted molar refractivity (Wildman–Crippen MR) is 77.2 cm³/mol. The fourth-order valence-electron chi connectivity index (χ4n) is 2.47. The number of hydrogen-bond donors (Lipinski definition) is 3. The van der Waals surface area contributed by atoms with E-state index in [-0.39, 0.29) is 6.61 Å². The van der Waals surface area contributed by atoms with E-state index in [9.17, 15) is 5.11 Å².